The largest absolute Gasteiger partial charge is 0.508 e. The van der Waals surface area contributed by atoms with Crippen molar-refractivity contribution in [2.75, 3.05) is 7.11 Å². The van der Waals surface area contributed by atoms with Gasteiger partial charge >= 0.3 is 0 Å². The number of aliphatic hydroxyl groups excluding tert-OH is 1. The van der Waals surface area contributed by atoms with Gasteiger partial charge in [0, 0.05) is 0 Å². The van der Waals surface area contributed by atoms with E-state index in [1.54, 1.807) is 13.2 Å². The van der Waals surface area contributed by atoms with Crippen molar-refractivity contribution in [2.24, 2.45) is 5.41 Å². The number of allylic oxidation sites excluding steroid dienone is 5. The summed E-state index contributed by atoms with van der Waals surface area (Å²) in [5, 5.41) is 9.59. The Balaban J connectivity index is 2.16. The first-order chi connectivity index (χ1) is 6.76. The van der Waals surface area contributed by atoms with Crippen molar-refractivity contribution < 1.29 is 9.84 Å². The fourth-order valence-corrected chi connectivity index (χ4v) is 2.68. The third kappa shape index (κ3) is 0.722. The number of aliphatic hydroxyl groups is 1. The Labute approximate surface area is 82.9 Å². The molecule has 0 saturated carbocycles. The van der Waals surface area contributed by atoms with Gasteiger partial charge in [-0.15, -0.1) is 0 Å². The lowest BCUT2D eigenvalue weighted by Crippen LogP contribution is -2.19. The van der Waals surface area contributed by atoms with Gasteiger partial charge in [0.25, 0.3) is 0 Å². The van der Waals surface area contributed by atoms with E-state index in [9.17, 15) is 5.11 Å². The maximum absolute atomic E-state index is 9.59. The van der Waals surface area contributed by atoms with Crippen molar-refractivity contribution in [3.8, 4) is 0 Å². The van der Waals surface area contributed by atoms with Crippen LogP contribution in [0.15, 0.2) is 47.0 Å². The molecule has 2 bridgehead atoms. The molecule has 0 saturated heterocycles. The van der Waals surface area contributed by atoms with Crippen LogP contribution in [0.5, 0.6) is 0 Å². The van der Waals surface area contributed by atoms with Crippen LogP contribution >= 0.6 is 0 Å². The average Bonchev–Trinajstić information content (AvgIpc) is 2.64. The van der Waals surface area contributed by atoms with Crippen LogP contribution in [0.1, 0.15) is 12.8 Å². The monoisotopic (exact) mass is 188 g/mol. The number of hydrogen-bond acceptors (Lipinski definition) is 2. The van der Waals surface area contributed by atoms with Crippen LogP contribution in [0.3, 0.4) is 0 Å². The van der Waals surface area contributed by atoms with Gasteiger partial charge in [-0.1, -0.05) is 12.2 Å². The number of fused-ring (bicyclic) bond motifs is 1. The van der Waals surface area contributed by atoms with Gasteiger partial charge in [-0.3, -0.25) is 0 Å². The molecule has 0 aliphatic heterocycles. The molecular formula is C12H12O2. The van der Waals surface area contributed by atoms with Crippen molar-refractivity contribution in [1.82, 2.24) is 0 Å². The van der Waals surface area contributed by atoms with Crippen LogP contribution in [0.25, 0.3) is 0 Å². The summed E-state index contributed by atoms with van der Waals surface area (Å²) in [6.45, 7) is 0. The van der Waals surface area contributed by atoms with E-state index in [1.165, 1.54) is 5.57 Å². The van der Waals surface area contributed by atoms with Crippen molar-refractivity contribution in [3.63, 3.8) is 0 Å². The molecule has 1 spiro atoms. The molecule has 72 valence electrons. The smallest absolute Gasteiger partial charge is 0.118 e. The second-order valence-corrected chi connectivity index (χ2v) is 4.04. The highest BCUT2D eigenvalue weighted by molar-refractivity contribution is 5.56. The van der Waals surface area contributed by atoms with Gasteiger partial charge in [0.2, 0.25) is 0 Å². The maximum Gasteiger partial charge on any atom is 0.118 e. The second kappa shape index (κ2) is 2.32. The van der Waals surface area contributed by atoms with Crippen LogP contribution in [0, 0.1) is 5.41 Å². The third-order valence-electron chi connectivity index (χ3n) is 3.41. The quantitative estimate of drug-likeness (QED) is 0.685. The molecule has 1 unspecified atom stereocenters. The molecular weight excluding hydrogens is 176 g/mol. The molecule has 0 amide bonds. The standard InChI is InChI=1S/C12H12O2/c1-14-11-3-2-9-6-8-7-12(9,11)5-4-10(8)13/h3-6,13H,2,7H2,1H3. The van der Waals surface area contributed by atoms with E-state index in [0.717, 1.165) is 24.2 Å². The zero-order valence-corrected chi connectivity index (χ0v) is 8.08. The van der Waals surface area contributed by atoms with Crippen molar-refractivity contribution in [2.45, 2.75) is 12.8 Å². The summed E-state index contributed by atoms with van der Waals surface area (Å²) < 4.78 is 5.40. The van der Waals surface area contributed by atoms with Gasteiger partial charge < -0.3 is 9.84 Å². The van der Waals surface area contributed by atoms with Gasteiger partial charge in [0.15, 0.2) is 0 Å². The van der Waals surface area contributed by atoms with Gasteiger partial charge in [0.1, 0.15) is 11.5 Å². The fraction of sp³-hybridized carbons (Fsp3) is 0.333. The van der Waals surface area contributed by atoms with E-state index in [1.807, 2.05) is 0 Å². The minimum Gasteiger partial charge on any atom is -0.508 e. The Kier molecular flexibility index (Phi) is 1.31. The normalized spacial score (nSPS) is 32.9. The molecule has 3 rings (SSSR count). The lowest BCUT2D eigenvalue weighted by atomic mass is 9.79. The van der Waals surface area contributed by atoms with Crippen LogP contribution in [-0.2, 0) is 4.74 Å². The first-order valence-corrected chi connectivity index (χ1v) is 4.83. The van der Waals surface area contributed by atoms with Gasteiger partial charge in [-0.25, -0.2) is 0 Å². The van der Waals surface area contributed by atoms with E-state index in [2.05, 4.69) is 18.2 Å². The molecule has 0 aromatic heterocycles. The van der Waals surface area contributed by atoms with Crippen LogP contribution in [0.4, 0.5) is 0 Å². The summed E-state index contributed by atoms with van der Waals surface area (Å²) in [7, 11) is 1.72. The zero-order chi connectivity index (χ0) is 9.76. The maximum atomic E-state index is 9.59. The molecule has 0 radical (unpaired) electrons. The first kappa shape index (κ1) is 7.92. The highest BCUT2D eigenvalue weighted by atomic mass is 16.5. The Morgan fingerprint density at radius 3 is 3.14 bits per heavy atom. The highest BCUT2D eigenvalue weighted by Gasteiger charge is 2.46. The summed E-state index contributed by atoms with van der Waals surface area (Å²) in [5.74, 6) is 1.44. The minimum atomic E-state index is -0.0453. The van der Waals surface area contributed by atoms with E-state index >= 15 is 0 Å². The van der Waals surface area contributed by atoms with Crippen molar-refractivity contribution in [1.29, 1.82) is 0 Å². The molecule has 3 aliphatic rings. The highest BCUT2D eigenvalue weighted by Crippen LogP contribution is 2.56. The predicted molar refractivity (Wildman–Crippen MR) is 53.6 cm³/mol. The lowest BCUT2D eigenvalue weighted by molar-refractivity contribution is 0.229. The number of methoxy groups -OCH3 is 1. The second-order valence-electron chi connectivity index (χ2n) is 4.04. The molecule has 0 aromatic carbocycles. The van der Waals surface area contributed by atoms with Crippen molar-refractivity contribution in [3.05, 3.63) is 47.0 Å². The molecule has 2 heteroatoms. The topological polar surface area (TPSA) is 29.5 Å². The predicted octanol–water partition coefficient (Wildman–Crippen LogP) is 2.62. The molecule has 0 aromatic rings. The van der Waals surface area contributed by atoms with Crippen LogP contribution in [0.2, 0.25) is 0 Å². The third-order valence-corrected chi connectivity index (χ3v) is 3.41. The molecule has 1 N–H and O–H groups in total. The number of rotatable bonds is 1. The summed E-state index contributed by atoms with van der Waals surface area (Å²) in [5.41, 5.74) is 2.35. The Hall–Kier alpha value is -1.44. The molecule has 1 atom stereocenters. The summed E-state index contributed by atoms with van der Waals surface area (Å²) in [6.07, 6.45) is 9.91. The van der Waals surface area contributed by atoms with Crippen LogP contribution < -0.4 is 0 Å². The van der Waals surface area contributed by atoms with Crippen molar-refractivity contribution >= 4 is 0 Å². The molecule has 14 heavy (non-hydrogen) atoms. The summed E-state index contributed by atoms with van der Waals surface area (Å²) >= 11 is 0. The van der Waals surface area contributed by atoms with E-state index in [0.29, 0.717) is 5.76 Å². The van der Waals surface area contributed by atoms with Gasteiger partial charge in [-0.05, 0) is 36.1 Å². The number of ether oxygens (including phenoxy) is 1. The minimum absolute atomic E-state index is 0.0453. The average molecular weight is 188 g/mol. The molecule has 0 fully saturated rings. The summed E-state index contributed by atoms with van der Waals surface area (Å²) in [6, 6.07) is 0. The Morgan fingerprint density at radius 1 is 1.50 bits per heavy atom. The van der Waals surface area contributed by atoms with E-state index in [-0.39, 0.29) is 5.41 Å². The SMILES string of the molecule is COC1=CCC2=CC3=C(O)C=CC21C3. The van der Waals surface area contributed by atoms with Crippen LogP contribution in [-0.4, -0.2) is 12.2 Å². The summed E-state index contributed by atoms with van der Waals surface area (Å²) in [4.78, 5) is 0. The first-order valence-electron chi connectivity index (χ1n) is 4.83. The lowest BCUT2D eigenvalue weighted by Gasteiger charge is -2.27. The molecule has 0 heterocycles. The zero-order valence-electron chi connectivity index (χ0n) is 8.08. The molecule has 3 aliphatic carbocycles. The van der Waals surface area contributed by atoms with Gasteiger partial charge in [-0.2, -0.15) is 0 Å². The van der Waals surface area contributed by atoms with Gasteiger partial charge in [0.05, 0.1) is 12.5 Å². The Bertz CT molecular complexity index is 424. The molecule has 2 nitrogen and oxygen atoms in total. The van der Waals surface area contributed by atoms with E-state index in [4.69, 9.17) is 4.74 Å². The Morgan fingerprint density at radius 2 is 2.36 bits per heavy atom. The number of hydrogen-bond donors (Lipinski definition) is 1. The fourth-order valence-electron chi connectivity index (χ4n) is 2.68. The van der Waals surface area contributed by atoms with E-state index < -0.39 is 0 Å².